The summed E-state index contributed by atoms with van der Waals surface area (Å²) in [6.07, 6.45) is 0. The number of rotatable bonds is 4. The number of halogens is 1. The fourth-order valence-corrected chi connectivity index (χ4v) is 3.32. The Bertz CT molecular complexity index is 865. The summed E-state index contributed by atoms with van der Waals surface area (Å²) in [6.45, 7) is 2.87. The first-order chi connectivity index (χ1) is 11.8. The Balaban J connectivity index is 1.77. The molecule has 1 atom stereocenters. The summed E-state index contributed by atoms with van der Waals surface area (Å²) < 4.78 is 5.54. The van der Waals surface area contributed by atoms with E-state index < -0.39 is 29.9 Å². The molecule has 1 aliphatic heterocycles. The normalized spacial score (nSPS) is 19.9. The number of urea groups is 1. The number of carbonyl (C=O) groups excluding carboxylic acids is 3. The number of imide groups is 1. The van der Waals surface area contributed by atoms with Crippen LogP contribution in [0.4, 0.5) is 10.6 Å². The lowest BCUT2D eigenvalue weighted by Crippen LogP contribution is -2.42. The number of aromatic nitrogens is 1. The van der Waals surface area contributed by atoms with E-state index in [1.54, 1.807) is 32.0 Å². The molecule has 2 heterocycles. The van der Waals surface area contributed by atoms with Gasteiger partial charge in [-0.3, -0.25) is 14.5 Å². The van der Waals surface area contributed by atoms with Crippen molar-refractivity contribution in [3.8, 4) is 0 Å². The van der Waals surface area contributed by atoms with Crippen LogP contribution in [0.3, 0.4) is 0 Å². The minimum absolute atomic E-state index is 0.225. The molecule has 0 saturated carbocycles. The monoisotopic (exact) mass is 406 g/mol. The van der Waals surface area contributed by atoms with E-state index in [0.29, 0.717) is 15.8 Å². The van der Waals surface area contributed by atoms with E-state index in [-0.39, 0.29) is 5.82 Å². The molecule has 25 heavy (non-hydrogen) atoms. The fourth-order valence-electron chi connectivity index (χ4n) is 2.64. The highest BCUT2D eigenvalue weighted by Crippen LogP contribution is 2.33. The second kappa shape index (κ2) is 6.32. The predicted octanol–water partition coefficient (Wildman–Crippen LogP) is 2.15. The van der Waals surface area contributed by atoms with Crippen LogP contribution < -0.4 is 10.6 Å². The molecule has 1 aliphatic rings. The third kappa shape index (κ3) is 3.14. The average molecular weight is 407 g/mol. The van der Waals surface area contributed by atoms with Gasteiger partial charge in [0.1, 0.15) is 17.8 Å². The van der Waals surface area contributed by atoms with Gasteiger partial charge in [0.25, 0.3) is 5.91 Å². The Labute approximate surface area is 151 Å². The van der Waals surface area contributed by atoms with Gasteiger partial charge in [-0.1, -0.05) is 39.3 Å². The molecule has 4 amide bonds. The lowest BCUT2D eigenvalue weighted by Gasteiger charge is -2.23. The highest BCUT2D eigenvalue weighted by atomic mass is 79.9. The topological polar surface area (TPSA) is 105 Å². The lowest BCUT2D eigenvalue weighted by atomic mass is 9.92. The molecule has 0 aliphatic carbocycles. The van der Waals surface area contributed by atoms with Crippen LogP contribution in [0.1, 0.15) is 18.2 Å². The molecule has 9 heteroatoms. The molecule has 0 spiro atoms. The molecule has 3 rings (SSSR count). The molecule has 8 nitrogen and oxygen atoms in total. The number of benzene rings is 1. The molecule has 1 saturated heterocycles. The SMILES string of the molecule is Cc1cc(NC(=O)CN2C(=O)NC(C)(c3ccccc3Br)C2=O)no1. The van der Waals surface area contributed by atoms with E-state index in [2.05, 4.69) is 31.7 Å². The van der Waals surface area contributed by atoms with E-state index in [4.69, 9.17) is 4.52 Å². The Morgan fingerprint density at radius 2 is 2.12 bits per heavy atom. The van der Waals surface area contributed by atoms with Gasteiger partial charge in [0.15, 0.2) is 5.82 Å². The number of hydrogen-bond acceptors (Lipinski definition) is 5. The Morgan fingerprint density at radius 3 is 2.76 bits per heavy atom. The highest BCUT2D eigenvalue weighted by molar-refractivity contribution is 9.10. The minimum atomic E-state index is -1.25. The first kappa shape index (κ1) is 17.2. The molecule has 130 valence electrons. The standard InChI is InChI=1S/C16H15BrN4O4/c1-9-7-12(20-25-9)18-13(22)8-21-14(23)16(2,19-15(21)24)10-5-3-4-6-11(10)17/h3-7H,8H2,1-2H3,(H,19,24)(H,18,20,22). The van der Waals surface area contributed by atoms with E-state index in [1.807, 2.05) is 6.07 Å². The van der Waals surface area contributed by atoms with Crippen molar-refractivity contribution in [2.24, 2.45) is 0 Å². The van der Waals surface area contributed by atoms with Gasteiger partial charge >= 0.3 is 6.03 Å². The summed E-state index contributed by atoms with van der Waals surface area (Å²) in [7, 11) is 0. The molecule has 0 bridgehead atoms. The summed E-state index contributed by atoms with van der Waals surface area (Å²) in [5, 5.41) is 8.78. The molecule has 0 radical (unpaired) electrons. The maximum Gasteiger partial charge on any atom is 0.325 e. The van der Waals surface area contributed by atoms with Crippen LogP contribution in [0.15, 0.2) is 39.3 Å². The molecule has 1 fully saturated rings. The zero-order valence-corrected chi connectivity index (χ0v) is 15.1. The second-order valence-corrected chi connectivity index (χ2v) is 6.65. The van der Waals surface area contributed by atoms with Crippen LogP contribution in [-0.4, -0.2) is 34.4 Å². The fraction of sp³-hybridized carbons (Fsp3) is 0.250. The third-order valence-electron chi connectivity index (χ3n) is 3.88. The summed E-state index contributed by atoms with van der Waals surface area (Å²) in [6, 6.07) is 8.01. The highest BCUT2D eigenvalue weighted by Gasteiger charge is 2.50. The zero-order chi connectivity index (χ0) is 18.2. The minimum Gasteiger partial charge on any atom is -0.360 e. The maximum absolute atomic E-state index is 12.8. The number of anilines is 1. The van der Waals surface area contributed by atoms with Crippen LogP contribution >= 0.6 is 15.9 Å². The molecule has 1 unspecified atom stereocenters. The van der Waals surface area contributed by atoms with Crippen molar-refractivity contribution >= 4 is 39.6 Å². The van der Waals surface area contributed by atoms with Crippen molar-refractivity contribution in [1.29, 1.82) is 0 Å². The molecule has 2 N–H and O–H groups in total. The molecule has 2 aromatic rings. The summed E-state index contributed by atoms with van der Waals surface area (Å²) in [5.41, 5.74) is -0.634. The first-order valence-corrected chi connectivity index (χ1v) is 8.23. The van der Waals surface area contributed by atoms with Crippen LogP contribution in [0, 0.1) is 6.92 Å². The molecular formula is C16H15BrN4O4. The number of nitrogens with one attached hydrogen (secondary N) is 2. The van der Waals surface area contributed by atoms with Crippen molar-refractivity contribution in [3.05, 3.63) is 46.1 Å². The quantitative estimate of drug-likeness (QED) is 0.756. The van der Waals surface area contributed by atoms with Gasteiger partial charge in [-0.2, -0.15) is 0 Å². The Hall–Kier alpha value is -2.68. The summed E-state index contributed by atoms with van der Waals surface area (Å²) in [4.78, 5) is 38.0. The van der Waals surface area contributed by atoms with Gasteiger partial charge in [0.2, 0.25) is 5.91 Å². The van der Waals surface area contributed by atoms with Crippen molar-refractivity contribution in [3.63, 3.8) is 0 Å². The van der Waals surface area contributed by atoms with E-state index in [9.17, 15) is 14.4 Å². The maximum atomic E-state index is 12.8. The zero-order valence-electron chi connectivity index (χ0n) is 13.5. The molecular weight excluding hydrogens is 392 g/mol. The van der Waals surface area contributed by atoms with Crippen LogP contribution in [-0.2, 0) is 15.1 Å². The van der Waals surface area contributed by atoms with Gasteiger partial charge in [-0.25, -0.2) is 4.79 Å². The summed E-state index contributed by atoms with van der Waals surface area (Å²) in [5.74, 6) is -0.293. The predicted molar refractivity (Wildman–Crippen MR) is 91.6 cm³/mol. The Morgan fingerprint density at radius 1 is 1.40 bits per heavy atom. The van der Waals surface area contributed by atoms with Crippen molar-refractivity contribution in [1.82, 2.24) is 15.4 Å². The van der Waals surface area contributed by atoms with E-state index in [1.165, 1.54) is 6.07 Å². The van der Waals surface area contributed by atoms with E-state index >= 15 is 0 Å². The average Bonchev–Trinajstić information content (AvgIpc) is 3.04. The number of nitrogens with zero attached hydrogens (tertiary/aromatic N) is 2. The van der Waals surface area contributed by atoms with Crippen LogP contribution in [0.5, 0.6) is 0 Å². The summed E-state index contributed by atoms with van der Waals surface area (Å²) >= 11 is 3.39. The van der Waals surface area contributed by atoms with Crippen LogP contribution in [0.2, 0.25) is 0 Å². The van der Waals surface area contributed by atoms with Gasteiger partial charge < -0.3 is 15.2 Å². The van der Waals surface area contributed by atoms with Crippen molar-refractivity contribution in [2.75, 3.05) is 11.9 Å². The number of amides is 4. The van der Waals surface area contributed by atoms with E-state index in [0.717, 1.165) is 4.90 Å². The largest absolute Gasteiger partial charge is 0.360 e. The Kier molecular flexibility index (Phi) is 4.34. The first-order valence-electron chi connectivity index (χ1n) is 7.43. The van der Waals surface area contributed by atoms with Gasteiger partial charge in [0.05, 0.1) is 0 Å². The number of aryl methyl sites for hydroxylation is 1. The molecule has 1 aromatic heterocycles. The lowest BCUT2D eigenvalue weighted by molar-refractivity contribution is -0.133. The molecule has 1 aromatic carbocycles. The smallest absolute Gasteiger partial charge is 0.325 e. The third-order valence-corrected chi connectivity index (χ3v) is 4.58. The van der Waals surface area contributed by atoms with Crippen molar-refractivity contribution in [2.45, 2.75) is 19.4 Å². The van der Waals surface area contributed by atoms with Gasteiger partial charge in [-0.05, 0) is 19.9 Å². The van der Waals surface area contributed by atoms with Gasteiger partial charge in [-0.15, -0.1) is 0 Å². The number of carbonyl (C=O) groups is 3. The number of hydrogen-bond donors (Lipinski definition) is 2. The van der Waals surface area contributed by atoms with Crippen molar-refractivity contribution < 1.29 is 18.9 Å². The van der Waals surface area contributed by atoms with Crippen LogP contribution in [0.25, 0.3) is 0 Å². The van der Waals surface area contributed by atoms with Gasteiger partial charge in [0, 0.05) is 16.1 Å². The second-order valence-electron chi connectivity index (χ2n) is 5.80.